The van der Waals surface area contributed by atoms with Crippen LogP contribution in [0, 0.1) is 0 Å². The summed E-state index contributed by atoms with van der Waals surface area (Å²) in [5, 5.41) is 3.10. The molecule has 0 unspecified atom stereocenters. The third kappa shape index (κ3) is 16.2. The van der Waals surface area contributed by atoms with Gasteiger partial charge in [-0.15, -0.1) is 0 Å². The van der Waals surface area contributed by atoms with Crippen LogP contribution in [0.3, 0.4) is 0 Å². The molecule has 0 aromatic heterocycles. The first kappa shape index (κ1) is 17.2. The van der Waals surface area contributed by atoms with Crippen molar-refractivity contribution >= 4 is 7.29 Å². The third-order valence-electron chi connectivity index (χ3n) is 3.02. The van der Waals surface area contributed by atoms with Gasteiger partial charge < -0.3 is 4.57 Å². The molecule has 0 rings (SSSR count). The van der Waals surface area contributed by atoms with E-state index in [4.69, 9.17) is 0 Å². The van der Waals surface area contributed by atoms with Gasteiger partial charge in [-0.25, -0.2) is 0 Å². The minimum atomic E-state index is -1.99. The lowest BCUT2D eigenvalue weighted by Gasteiger charge is -2.08. The summed E-state index contributed by atoms with van der Waals surface area (Å²) in [6.45, 7) is 6.77. The van der Waals surface area contributed by atoms with Crippen molar-refractivity contribution < 1.29 is 4.57 Å². The van der Waals surface area contributed by atoms with Crippen molar-refractivity contribution in [2.24, 2.45) is 0 Å². The molecule has 0 bridgehead atoms. The molecular formula is C14H32NOP. The molecule has 0 saturated carbocycles. The van der Waals surface area contributed by atoms with Crippen molar-refractivity contribution in [3.8, 4) is 0 Å². The molecule has 17 heavy (non-hydrogen) atoms. The molecule has 0 aromatic rings. The van der Waals surface area contributed by atoms with E-state index < -0.39 is 7.29 Å². The Morgan fingerprint density at radius 1 is 0.765 bits per heavy atom. The smallest absolute Gasteiger partial charge is 0.141 e. The van der Waals surface area contributed by atoms with Gasteiger partial charge in [-0.1, -0.05) is 64.7 Å². The molecule has 0 aromatic carbocycles. The van der Waals surface area contributed by atoms with Crippen LogP contribution in [-0.4, -0.2) is 19.9 Å². The van der Waals surface area contributed by atoms with Crippen LogP contribution < -0.4 is 5.09 Å². The van der Waals surface area contributed by atoms with Gasteiger partial charge in [0.15, 0.2) is 0 Å². The largest absolute Gasteiger partial charge is 0.307 e. The van der Waals surface area contributed by atoms with Gasteiger partial charge >= 0.3 is 0 Å². The van der Waals surface area contributed by atoms with Crippen LogP contribution in [0.5, 0.6) is 0 Å². The highest BCUT2D eigenvalue weighted by atomic mass is 31.2. The zero-order valence-corrected chi connectivity index (χ0v) is 13.0. The first-order valence-corrected chi connectivity index (χ1v) is 9.96. The minimum Gasteiger partial charge on any atom is -0.307 e. The van der Waals surface area contributed by atoms with E-state index in [0.717, 1.165) is 6.54 Å². The maximum Gasteiger partial charge on any atom is 0.141 e. The highest BCUT2D eigenvalue weighted by molar-refractivity contribution is 7.60. The van der Waals surface area contributed by atoms with Gasteiger partial charge in [-0.2, -0.15) is 0 Å². The molecule has 1 N–H and O–H groups in total. The van der Waals surface area contributed by atoms with Crippen molar-refractivity contribution in [3.05, 3.63) is 0 Å². The van der Waals surface area contributed by atoms with E-state index >= 15 is 0 Å². The number of nitrogens with one attached hydrogen (secondary N) is 1. The normalized spacial score (nSPS) is 11.9. The first-order valence-electron chi connectivity index (χ1n) is 7.36. The van der Waals surface area contributed by atoms with Gasteiger partial charge in [-0.3, -0.25) is 5.09 Å². The quantitative estimate of drug-likeness (QED) is 0.394. The Hall–Kier alpha value is 0.190. The second-order valence-corrected chi connectivity index (χ2v) is 8.46. The molecular weight excluding hydrogens is 229 g/mol. The summed E-state index contributed by atoms with van der Waals surface area (Å²) in [5.74, 6) is 0. The Morgan fingerprint density at radius 2 is 1.18 bits per heavy atom. The van der Waals surface area contributed by atoms with E-state index in [1.165, 1.54) is 64.2 Å². The van der Waals surface area contributed by atoms with Gasteiger partial charge in [-0.05, 0) is 6.42 Å². The average molecular weight is 261 g/mol. The number of hydrogen-bond acceptors (Lipinski definition) is 1. The third-order valence-corrected chi connectivity index (χ3v) is 4.01. The van der Waals surface area contributed by atoms with E-state index in [0.29, 0.717) is 0 Å². The molecule has 3 heteroatoms. The highest BCUT2D eigenvalue weighted by Crippen LogP contribution is 2.29. The summed E-state index contributed by atoms with van der Waals surface area (Å²) in [6.07, 6.45) is 13.6. The number of rotatable bonds is 12. The lowest BCUT2D eigenvalue weighted by atomic mass is 10.1. The van der Waals surface area contributed by atoms with Gasteiger partial charge in [0, 0.05) is 19.9 Å². The van der Waals surface area contributed by atoms with E-state index in [1.54, 1.807) is 13.3 Å². The Balaban J connectivity index is 3.01. The predicted octanol–water partition coefficient (Wildman–Crippen LogP) is 5.03. The van der Waals surface area contributed by atoms with Crippen molar-refractivity contribution in [2.75, 3.05) is 19.9 Å². The van der Waals surface area contributed by atoms with Crippen molar-refractivity contribution in [1.82, 2.24) is 5.09 Å². The van der Waals surface area contributed by atoms with Gasteiger partial charge in [0.1, 0.15) is 7.29 Å². The molecule has 0 amide bonds. The zero-order chi connectivity index (χ0) is 13.0. The van der Waals surface area contributed by atoms with Crippen LogP contribution in [0.4, 0.5) is 0 Å². The summed E-state index contributed by atoms with van der Waals surface area (Å²) < 4.78 is 11.4. The average Bonchev–Trinajstić information content (AvgIpc) is 2.24. The van der Waals surface area contributed by atoms with E-state index in [9.17, 15) is 4.57 Å². The Morgan fingerprint density at radius 3 is 1.59 bits per heavy atom. The molecule has 0 aliphatic heterocycles. The SMILES string of the molecule is CCCCCCCCCCCCNP(C)(C)=O. The van der Waals surface area contributed by atoms with Crippen LogP contribution in [-0.2, 0) is 4.57 Å². The standard InChI is InChI=1S/C14H32NOP/c1-4-5-6-7-8-9-10-11-12-13-14-15-17(2,3)16/h4-14H2,1-3H3,(H,15,16). The van der Waals surface area contributed by atoms with Crippen LogP contribution in [0.2, 0.25) is 0 Å². The zero-order valence-electron chi connectivity index (χ0n) is 12.1. The van der Waals surface area contributed by atoms with Gasteiger partial charge in [0.05, 0.1) is 0 Å². The first-order chi connectivity index (χ1) is 8.06. The van der Waals surface area contributed by atoms with E-state index in [1.807, 2.05) is 0 Å². The fraction of sp³-hybridized carbons (Fsp3) is 1.00. The van der Waals surface area contributed by atoms with Crippen molar-refractivity contribution in [1.29, 1.82) is 0 Å². The second-order valence-electron chi connectivity index (χ2n) is 5.44. The van der Waals surface area contributed by atoms with Crippen LogP contribution in [0.25, 0.3) is 0 Å². The maximum atomic E-state index is 11.4. The molecule has 104 valence electrons. The molecule has 0 atom stereocenters. The minimum absolute atomic E-state index is 0.917. The number of unbranched alkanes of at least 4 members (excludes halogenated alkanes) is 9. The molecule has 0 radical (unpaired) electrons. The van der Waals surface area contributed by atoms with Crippen LogP contribution in [0.15, 0.2) is 0 Å². The maximum absolute atomic E-state index is 11.4. The predicted molar refractivity (Wildman–Crippen MR) is 79.3 cm³/mol. The lowest BCUT2D eigenvalue weighted by molar-refractivity contribution is 0.549. The van der Waals surface area contributed by atoms with Crippen LogP contribution in [0.1, 0.15) is 71.1 Å². The molecule has 0 saturated heterocycles. The van der Waals surface area contributed by atoms with E-state index in [-0.39, 0.29) is 0 Å². The fourth-order valence-electron chi connectivity index (χ4n) is 1.96. The molecule has 2 nitrogen and oxygen atoms in total. The highest BCUT2D eigenvalue weighted by Gasteiger charge is 2.03. The summed E-state index contributed by atoms with van der Waals surface area (Å²) in [4.78, 5) is 0. The molecule has 0 heterocycles. The Bertz CT molecular complexity index is 200. The lowest BCUT2D eigenvalue weighted by Crippen LogP contribution is -2.10. The molecule has 0 aliphatic carbocycles. The Kier molecular flexibility index (Phi) is 11.4. The molecule has 0 spiro atoms. The summed E-state index contributed by atoms with van der Waals surface area (Å²) in [5.41, 5.74) is 0. The van der Waals surface area contributed by atoms with E-state index in [2.05, 4.69) is 12.0 Å². The van der Waals surface area contributed by atoms with Gasteiger partial charge in [0.25, 0.3) is 0 Å². The Labute approximate surface area is 108 Å². The topological polar surface area (TPSA) is 29.1 Å². The fourth-order valence-corrected chi connectivity index (χ4v) is 2.66. The van der Waals surface area contributed by atoms with Crippen molar-refractivity contribution in [2.45, 2.75) is 71.1 Å². The molecule has 0 fully saturated rings. The summed E-state index contributed by atoms with van der Waals surface area (Å²) in [7, 11) is -1.99. The monoisotopic (exact) mass is 261 g/mol. The van der Waals surface area contributed by atoms with Crippen molar-refractivity contribution in [3.63, 3.8) is 0 Å². The second kappa shape index (κ2) is 11.3. The summed E-state index contributed by atoms with van der Waals surface area (Å²) in [6, 6.07) is 0. The number of hydrogen-bond donors (Lipinski definition) is 1. The van der Waals surface area contributed by atoms with Crippen LogP contribution >= 0.6 is 7.29 Å². The molecule has 0 aliphatic rings. The summed E-state index contributed by atoms with van der Waals surface area (Å²) >= 11 is 0. The van der Waals surface area contributed by atoms with Gasteiger partial charge in [0.2, 0.25) is 0 Å².